The van der Waals surface area contributed by atoms with Gasteiger partial charge in [-0.1, -0.05) is 22.9 Å². The number of nitrogens with zero attached hydrogens (tertiary/aromatic N) is 6. The van der Waals surface area contributed by atoms with Crippen molar-refractivity contribution in [1.29, 1.82) is 0 Å². The number of ether oxygens (including phenoxy) is 1. The summed E-state index contributed by atoms with van der Waals surface area (Å²) in [6, 6.07) is 4.17. The summed E-state index contributed by atoms with van der Waals surface area (Å²) in [7, 11) is 0. The first kappa shape index (κ1) is 22.9. The Bertz CT molecular complexity index is 1260. The van der Waals surface area contributed by atoms with E-state index in [0.717, 1.165) is 36.2 Å². The van der Waals surface area contributed by atoms with Crippen LogP contribution in [0.2, 0.25) is 5.02 Å². The molecule has 2 atom stereocenters. The lowest BCUT2D eigenvalue weighted by Crippen LogP contribution is -2.36. The number of rotatable bonds is 5. The monoisotopic (exact) mass is 488 g/mol. The molecule has 1 fully saturated rings. The molecule has 0 amide bonds. The summed E-state index contributed by atoms with van der Waals surface area (Å²) >= 11 is 6.49. The number of aromatic nitrogens is 5. The summed E-state index contributed by atoms with van der Waals surface area (Å²) in [5, 5.41) is 22.8. The lowest BCUT2D eigenvalue weighted by atomic mass is 10.0. The van der Waals surface area contributed by atoms with Crippen LogP contribution in [0.1, 0.15) is 61.0 Å². The molecule has 5 rings (SSSR count). The maximum Gasteiger partial charge on any atom is 0.290 e. The first-order chi connectivity index (χ1) is 16.5. The zero-order chi connectivity index (χ0) is 23.8. The number of aliphatic hydroxyl groups excluding tert-OH is 1. The van der Waals surface area contributed by atoms with E-state index < -0.39 is 5.82 Å². The SMILES string of the molecule is CC(c1ccc(F)cc1CO)n1nnc2c1CCN(c1cnn(C3CCCCO3)c(=O)c1Cl)C2. The normalized spacial score (nSPS) is 19.2. The van der Waals surface area contributed by atoms with Gasteiger partial charge < -0.3 is 14.7 Å². The van der Waals surface area contributed by atoms with Crippen LogP contribution in [0.3, 0.4) is 0 Å². The fourth-order valence-corrected chi connectivity index (χ4v) is 5.03. The van der Waals surface area contributed by atoms with Crippen molar-refractivity contribution in [2.45, 2.75) is 58.0 Å². The standard InChI is InChI=1S/C23H26ClFN6O3/c1-14(17-6-5-16(25)10-15(17)13-32)30-19-7-8-29(12-18(19)27-28-30)20-11-26-31(23(33)22(20)24)21-4-2-3-9-34-21/h5-6,10-11,14,21,32H,2-4,7-9,12-13H2,1H3. The van der Waals surface area contributed by atoms with Crippen LogP contribution >= 0.6 is 11.6 Å². The van der Waals surface area contributed by atoms with Crippen molar-refractivity contribution in [2.24, 2.45) is 0 Å². The first-order valence-electron chi connectivity index (χ1n) is 11.4. The highest BCUT2D eigenvalue weighted by Gasteiger charge is 2.28. The second kappa shape index (κ2) is 9.44. The fourth-order valence-electron chi connectivity index (χ4n) is 4.77. The summed E-state index contributed by atoms with van der Waals surface area (Å²) in [5.74, 6) is -0.390. The molecule has 0 spiro atoms. The fraction of sp³-hybridized carbons (Fsp3) is 0.478. The smallest absolute Gasteiger partial charge is 0.290 e. The van der Waals surface area contributed by atoms with Crippen molar-refractivity contribution in [1.82, 2.24) is 24.8 Å². The molecule has 2 aliphatic rings. The molecular weight excluding hydrogens is 463 g/mol. The largest absolute Gasteiger partial charge is 0.392 e. The van der Waals surface area contributed by atoms with Gasteiger partial charge >= 0.3 is 0 Å². The van der Waals surface area contributed by atoms with Crippen LogP contribution in [0.5, 0.6) is 0 Å². The Hall–Kier alpha value is -2.82. The Morgan fingerprint density at radius 3 is 2.97 bits per heavy atom. The van der Waals surface area contributed by atoms with E-state index in [1.807, 2.05) is 16.5 Å². The third-order valence-electron chi connectivity index (χ3n) is 6.62. The number of hydrogen-bond donors (Lipinski definition) is 1. The molecule has 2 unspecified atom stereocenters. The number of fused-ring (bicyclic) bond motifs is 1. The number of benzene rings is 1. The Labute approximate surface area is 200 Å². The van der Waals surface area contributed by atoms with Crippen LogP contribution in [-0.4, -0.2) is 43.0 Å². The lowest BCUT2D eigenvalue weighted by molar-refractivity contribution is -0.0424. The van der Waals surface area contributed by atoms with Crippen molar-refractivity contribution in [3.63, 3.8) is 0 Å². The highest BCUT2D eigenvalue weighted by atomic mass is 35.5. The molecule has 9 nitrogen and oxygen atoms in total. The van der Waals surface area contributed by atoms with Gasteiger partial charge in [0, 0.05) is 19.6 Å². The van der Waals surface area contributed by atoms with Crippen LogP contribution in [0.15, 0.2) is 29.2 Å². The third-order valence-corrected chi connectivity index (χ3v) is 6.97. The van der Waals surface area contributed by atoms with Gasteiger partial charge in [0.2, 0.25) is 0 Å². The molecule has 1 aromatic carbocycles. The number of hydrogen-bond acceptors (Lipinski definition) is 7. The van der Waals surface area contributed by atoms with Crippen molar-refractivity contribution < 1.29 is 14.2 Å². The third kappa shape index (κ3) is 4.10. The maximum absolute atomic E-state index is 13.6. The predicted molar refractivity (Wildman–Crippen MR) is 123 cm³/mol. The van der Waals surface area contributed by atoms with Crippen molar-refractivity contribution >= 4 is 17.3 Å². The number of halogens is 2. The van der Waals surface area contributed by atoms with Crippen LogP contribution in [0, 0.1) is 5.82 Å². The minimum atomic E-state index is -0.390. The molecule has 0 saturated carbocycles. The average Bonchev–Trinajstić information content (AvgIpc) is 3.29. The zero-order valence-corrected chi connectivity index (χ0v) is 19.6. The minimum Gasteiger partial charge on any atom is -0.392 e. The quantitative estimate of drug-likeness (QED) is 0.589. The van der Waals surface area contributed by atoms with Gasteiger partial charge in [-0.25, -0.2) is 9.07 Å². The molecule has 180 valence electrons. The van der Waals surface area contributed by atoms with E-state index in [9.17, 15) is 14.3 Å². The summed E-state index contributed by atoms with van der Waals surface area (Å²) in [4.78, 5) is 14.9. The molecule has 0 aliphatic carbocycles. The number of anilines is 1. The molecule has 1 N–H and O–H groups in total. The minimum absolute atomic E-state index is 0.118. The predicted octanol–water partition coefficient (Wildman–Crippen LogP) is 2.99. The van der Waals surface area contributed by atoms with Crippen molar-refractivity contribution in [2.75, 3.05) is 18.1 Å². The molecule has 0 radical (unpaired) electrons. The molecular formula is C23H26ClFN6O3. The van der Waals surface area contributed by atoms with Gasteiger partial charge in [0.25, 0.3) is 5.56 Å². The van der Waals surface area contributed by atoms with Crippen LogP contribution in [-0.2, 0) is 24.3 Å². The van der Waals surface area contributed by atoms with Gasteiger partial charge in [-0.05, 0) is 49.4 Å². The van der Waals surface area contributed by atoms with Gasteiger partial charge in [0.15, 0.2) is 6.23 Å². The van der Waals surface area contributed by atoms with Crippen LogP contribution in [0.4, 0.5) is 10.1 Å². The topological polar surface area (TPSA) is 98.3 Å². The van der Waals surface area contributed by atoms with E-state index in [1.165, 1.54) is 16.8 Å². The van der Waals surface area contributed by atoms with Gasteiger partial charge in [-0.2, -0.15) is 9.78 Å². The Balaban J connectivity index is 1.39. The van der Waals surface area contributed by atoms with E-state index in [1.54, 1.807) is 12.3 Å². The summed E-state index contributed by atoms with van der Waals surface area (Å²) in [6.45, 7) is 3.34. The summed E-state index contributed by atoms with van der Waals surface area (Å²) < 4.78 is 22.4. The second-order valence-electron chi connectivity index (χ2n) is 8.69. The molecule has 2 aromatic heterocycles. The Morgan fingerprint density at radius 1 is 1.35 bits per heavy atom. The summed E-state index contributed by atoms with van der Waals surface area (Å²) in [5.41, 5.74) is 3.26. The Morgan fingerprint density at radius 2 is 2.21 bits per heavy atom. The van der Waals surface area contributed by atoms with E-state index in [-0.39, 0.29) is 29.5 Å². The Kier molecular flexibility index (Phi) is 6.37. The van der Waals surface area contributed by atoms with E-state index in [0.29, 0.717) is 37.4 Å². The average molecular weight is 489 g/mol. The van der Waals surface area contributed by atoms with Gasteiger partial charge in [-0.3, -0.25) is 4.79 Å². The van der Waals surface area contributed by atoms with Gasteiger partial charge in [0.05, 0.1) is 36.8 Å². The molecule has 4 heterocycles. The van der Waals surface area contributed by atoms with Gasteiger partial charge in [-0.15, -0.1) is 5.10 Å². The molecule has 11 heteroatoms. The number of aliphatic hydroxyl groups is 1. The van der Waals surface area contributed by atoms with Gasteiger partial charge in [0.1, 0.15) is 16.5 Å². The molecule has 1 saturated heterocycles. The lowest BCUT2D eigenvalue weighted by Gasteiger charge is -2.30. The van der Waals surface area contributed by atoms with E-state index in [4.69, 9.17) is 16.3 Å². The van der Waals surface area contributed by atoms with Crippen molar-refractivity contribution in [3.05, 3.63) is 68.1 Å². The highest BCUT2D eigenvalue weighted by molar-refractivity contribution is 6.33. The van der Waals surface area contributed by atoms with E-state index in [2.05, 4.69) is 15.4 Å². The van der Waals surface area contributed by atoms with Crippen LogP contribution < -0.4 is 10.5 Å². The van der Waals surface area contributed by atoms with E-state index >= 15 is 0 Å². The first-order valence-corrected chi connectivity index (χ1v) is 11.8. The molecule has 2 aliphatic heterocycles. The van der Waals surface area contributed by atoms with Crippen molar-refractivity contribution in [3.8, 4) is 0 Å². The second-order valence-corrected chi connectivity index (χ2v) is 9.07. The molecule has 3 aromatic rings. The molecule has 0 bridgehead atoms. The molecule has 34 heavy (non-hydrogen) atoms. The maximum atomic E-state index is 13.6. The highest BCUT2D eigenvalue weighted by Crippen LogP contribution is 2.31. The van der Waals surface area contributed by atoms with Crippen LogP contribution in [0.25, 0.3) is 0 Å². The summed E-state index contributed by atoms with van der Waals surface area (Å²) in [6.07, 6.45) is 4.58. The zero-order valence-electron chi connectivity index (χ0n) is 18.8.